The Bertz CT molecular complexity index is 668. The van der Waals surface area contributed by atoms with Gasteiger partial charge in [0.15, 0.2) is 0 Å². The average Bonchev–Trinajstić information content (AvgIpc) is 3.05. The van der Waals surface area contributed by atoms with Gasteiger partial charge in [0, 0.05) is 19.6 Å². The molecule has 1 aromatic carbocycles. The van der Waals surface area contributed by atoms with Gasteiger partial charge in [0.2, 0.25) is 0 Å². The number of nitrogens with zero attached hydrogens (tertiary/aromatic N) is 2. The van der Waals surface area contributed by atoms with Crippen LogP contribution in [0.1, 0.15) is 30.4 Å². The predicted octanol–water partition coefficient (Wildman–Crippen LogP) is 1.83. The van der Waals surface area contributed by atoms with Gasteiger partial charge in [0.25, 0.3) is 0 Å². The number of piperidine rings is 1. The Morgan fingerprint density at radius 2 is 2.08 bits per heavy atom. The third-order valence-corrected chi connectivity index (χ3v) is 4.66. The minimum atomic E-state index is -0.287. The first-order valence-electron chi connectivity index (χ1n) is 8.11. The summed E-state index contributed by atoms with van der Waals surface area (Å²) >= 11 is 0. The molecular weight excluding hydrogens is 306 g/mol. The van der Waals surface area contributed by atoms with E-state index in [0.29, 0.717) is 12.0 Å². The number of esters is 1. The van der Waals surface area contributed by atoms with Gasteiger partial charge in [0.1, 0.15) is 5.60 Å². The second-order valence-corrected chi connectivity index (χ2v) is 6.18. The summed E-state index contributed by atoms with van der Waals surface area (Å²) in [4.78, 5) is 19.4. The molecule has 0 unspecified atom stereocenters. The van der Waals surface area contributed by atoms with Gasteiger partial charge >= 0.3 is 5.97 Å². The lowest BCUT2D eigenvalue weighted by atomic mass is 9.90. The van der Waals surface area contributed by atoms with Crippen molar-refractivity contribution in [3.63, 3.8) is 0 Å². The highest BCUT2D eigenvalue weighted by molar-refractivity contribution is 5.69. The van der Waals surface area contributed by atoms with Gasteiger partial charge in [-0.1, -0.05) is 12.1 Å². The number of methoxy groups -OCH3 is 1. The largest absolute Gasteiger partial charge is 0.469 e. The van der Waals surface area contributed by atoms with Crippen molar-refractivity contribution in [1.29, 1.82) is 5.26 Å². The van der Waals surface area contributed by atoms with Crippen LogP contribution >= 0.6 is 0 Å². The zero-order valence-corrected chi connectivity index (χ0v) is 13.7. The van der Waals surface area contributed by atoms with Gasteiger partial charge in [-0.2, -0.15) is 5.26 Å². The van der Waals surface area contributed by atoms with E-state index in [1.54, 1.807) is 12.1 Å². The first-order valence-corrected chi connectivity index (χ1v) is 8.11. The number of nitrogens with one attached hydrogen (secondary N) is 1. The Labute approximate surface area is 141 Å². The molecule has 3 rings (SSSR count). The molecule has 0 amide bonds. The van der Waals surface area contributed by atoms with E-state index < -0.39 is 0 Å². The average molecular weight is 327 g/mol. The molecular formula is C18H21N3O3. The molecule has 2 aliphatic rings. The number of ether oxygens (including phenoxy) is 1. The summed E-state index contributed by atoms with van der Waals surface area (Å²) in [5.41, 5.74) is 5.35. The molecule has 126 valence electrons. The van der Waals surface area contributed by atoms with Crippen molar-refractivity contribution < 1.29 is 14.4 Å². The van der Waals surface area contributed by atoms with Crippen molar-refractivity contribution in [2.45, 2.75) is 24.9 Å². The zero-order valence-electron chi connectivity index (χ0n) is 13.7. The zero-order chi connectivity index (χ0) is 17.0. The van der Waals surface area contributed by atoms with Crippen LogP contribution in [0.2, 0.25) is 0 Å². The molecule has 0 aliphatic carbocycles. The van der Waals surface area contributed by atoms with Crippen LogP contribution in [0.4, 0.5) is 0 Å². The number of carbonyl (C=O) groups excluding carboxylic acids is 1. The molecule has 1 saturated heterocycles. The standard InChI is InChI=1S/C18H21N3O3/c1-23-17(22)6-9-21-10-7-18(8-11-21)12-16(20-24-18)15-4-2-14(13-19)3-5-15/h2-5,12,20H,6-11H2,1H3. The summed E-state index contributed by atoms with van der Waals surface area (Å²) in [7, 11) is 1.42. The first kappa shape index (κ1) is 16.5. The topological polar surface area (TPSA) is 74.6 Å². The maximum Gasteiger partial charge on any atom is 0.306 e. The highest BCUT2D eigenvalue weighted by Crippen LogP contribution is 2.34. The van der Waals surface area contributed by atoms with Crippen molar-refractivity contribution in [2.75, 3.05) is 26.7 Å². The fraction of sp³-hybridized carbons (Fsp3) is 0.444. The van der Waals surface area contributed by atoms with Crippen LogP contribution in [0.25, 0.3) is 5.70 Å². The summed E-state index contributed by atoms with van der Waals surface area (Å²) in [6, 6.07) is 9.57. The van der Waals surface area contributed by atoms with Gasteiger partial charge in [-0.25, -0.2) is 0 Å². The fourth-order valence-corrected chi connectivity index (χ4v) is 3.10. The van der Waals surface area contributed by atoms with Crippen LogP contribution in [0, 0.1) is 11.3 Å². The van der Waals surface area contributed by atoms with Crippen molar-refractivity contribution in [1.82, 2.24) is 10.4 Å². The lowest BCUT2D eigenvalue weighted by Gasteiger charge is -2.36. The van der Waals surface area contributed by atoms with E-state index in [2.05, 4.69) is 27.3 Å². The monoisotopic (exact) mass is 327 g/mol. The number of nitriles is 1. The minimum Gasteiger partial charge on any atom is -0.469 e. The molecule has 1 aromatic rings. The summed E-state index contributed by atoms with van der Waals surface area (Å²) in [5.74, 6) is -0.169. The molecule has 6 heteroatoms. The van der Waals surface area contributed by atoms with Crippen molar-refractivity contribution in [2.24, 2.45) is 0 Å². The maximum atomic E-state index is 11.2. The molecule has 24 heavy (non-hydrogen) atoms. The van der Waals surface area contributed by atoms with Gasteiger partial charge in [-0.15, -0.1) is 0 Å². The number of hydrogen-bond acceptors (Lipinski definition) is 6. The van der Waals surface area contributed by atoms with Gasteiger partial charge in [0.05, 0.1) is 30.9 Å². The van der Waals surface area contributed by atoms with E-state index in [9.17, 15) is 4.79 Å². The van der Waals surface area contributed by atoms with Crippen LogP contribution in [-0.2, 0) is 14.4 Å². The summed E-state index contributed by atoms with van der Waals surface area (Å²) in [5, 5.41) is 8.87. The van der Waals surface area contributed by atoms with E-state index in [4.69, 9.17) is 10.1 Å². The smallest absolute Gasteiger partial charge is 0.306 e. The lowest BCUT2D eigenvalue weighted by molar-refractivity contribution is -0.141. The molecule has 0 bridgehead atoms. The molecule has 1 fully saturated rings. The molecule has 2 heterocycles. The number of hydrogen-bond donors (Lipinski definition) is 1. The molecule has 0 atom stereocenters. The Kier molecular flexibility index (Phi) is 4.84. The van der Waals surface area contributed by atoms with E-state index in [1.807, 2.05) is 12.1 Å². The van der Waals surface area contributed by atoms with Crippen LogP contribution in [0.3, 0.4) is 0 Å². The van der Waals surface area contributed by atoms with Crippen molar-refractivity contribution in [3.8, 4) is 6.07 Å². The molecule has 6 nitrogen and oxygen atoms in total. The van der Waals surface area contributed by atoms with E-state index >= 15 is 0 Å². The summed E-state index contributed by atoms with van der Waals surface area (Å²) < 4.78 is 4.68. The minimum absolute atomic E-state index is 0.169. The third kappa shape index (κ3) is 3.58. The van der Waals surface area contributed by atoms with Gasteiger partial charge in [-0.3, -0.25) is 15.1 Å². The van der Waals surface area contributed by atoms with E-state index in [0.717, 1.165) is 43.7 Å². The Morgan fingerprint density at radius 1 is 1.38 bits per heavy atom. The first-order chi connectivity index (χ1) is 11.6. The summed E-state index contributed by atoms with van der Waals surface area (Å²) in [6.45, 7) is 2.49. The normalized spacial score (nSPS) is 19.4. The maximum absolute atomic E-state index is 11.2. The van der Waals surface area contributed by atoms with Crippen LogP contribution < -0.4 is 5.48 Å². The lowest BCUT2D eigenvalue weighted by Crippen LogP contribution is -2.45. The third-order valence-electron chi connectivity index (χ3n) is 4.66. The second kappa shape index (κ2) is 7.04. The van der Waals surface area contributed by atoms with Crippen molar-refractivity contribution in [3.05, 3.63) is 41.5 Å². The number of likely N-dealkylation sites (tertiary alicyclic amines) is 1. The van der Waals surface area contributed by atoms with E-state index in [1.165, 1.54) is 7.11 Å². The van der Waals surface area contributed by atoms with Gasteiger partial charge < -0.3 is 9.64 Å². The van der Waals surface area contributed by atoms with Crippen LogP contribution in [0.15, 0.2) is 30.3 Å². The molecule has 0 aromatic heterocycles. The number of hydroxylamine groups is 1. The fourth-order valence-electron chi connectivity index (χ4n) is 3.10. The number of carbonyl (C=O) groups is 1. The number of rotatable bonds is 4. The second-order valence-electron chi connectivity index (χ2n) is 6.18. The van der Waals surface area contributed by atoms with E-state index in [-0.39, 0.29) is 11.6 Å². The Morgan fingerprint density at radius 3 is 2.71 bits per heavy atom. The quantitative estimate of drug-likeness (QED) is 0.851. The molecule has 2 aliphatic heterocycles. The Balaban J connectivity index is 1.59. The van der Waals surface area contributed by atoms with Crippen LogP contribution in [-0.4, -0.2) is 43.2 Å². The highest BCUT2D eigenvalue weighted by atomic mass is 16.7. The number of benzene rings is 1. The highest BCUT2D eigenvalue weighted by Gasteiger charge is 2.38. The molecule has 1 spiro atoms. The predicted molar refractivity (Wildman–Crippen MR) is 88.4 cm³/mol. The SMILES string of the molecule is COC(=O)CCN1CCC2(C=C(c3ccc(C#N)cc3)NO2)CC1. The molecule has 1 N–H and O–H groups in total. The summed E-state index contributed by atoms with van der Waals surface area (Å²) in [6.07, 6.45) is 4.32. The molecule has 0 saturated carbocycles. The molecule has 0 radical (unpaired) electrons. The van der Waals surface area contributed by atoms with Crippen molar-refractivity contribution >= 4 is 11.7 Å². The van der Waals surface area contributed by atoms with Gasteiger partial charge in [-0.05, 0) is 36.6 Å². The van der Waals surface area contributed by atoms with Crippen LogP contribution in [0.5, 0.6) is 0 Å². The Hall–Kier alpha value is -2.36.